The number of H-pyrrole nitrogens is 1. The lowest BCUT2D eigenvalue weighted by atomic mass is 10.1. The van der Waals surface area contributed by atoms with Crippen molar-refractivity contribution in [2.45, 2.75) is 52.3 Å². The molecular formula is C28H36FN7O6. The lowest BCUT2D eigenvalue weighted by molar-refractivity contribution is -0.123. The fourth-order valence-corrected chi connectivity index (χ4v) is 4.14. The van der Waals surface area contributed by atoms with Crippen LogP contribution in [0.4, 0.5) is 14.9 Å². The molecule has 0 fully saturated rings. The van der Waals surface area contributed by atoms with E-state index in [1.807, 2.05) is 13.8 Å². The number of pyridine rings is 2. The van der Waals surface area contributed by atoms with Gasteiger partial charge in [-0.1, -0.05) is 19.9 Å². The number of aromatic nitrogens is 4. The predicted molar refractivity (Wildman–Crippen MR) is 153 cm³/mol. The molecule has 1 atom stereocenters. The SMILES string of the molecule is COC(=O)NC(CC/C=C/C(=O)N(C)C)C(=O)Nc1ccc(CO)n(Cc2nc3c(F)cnc(CC(C)C)c3[nH]2)c1=O. The van der Waals surface area contributed by atoms with Gasteiger partial charge in [0.05, 0.1) is 37.7 Å². The predicted octanol–water partition coefficient (Wildman–Crippen LogP) is 2.09. The van der Waals surface area contributed by atoms with Crippen molar-refractivity contribution >= 4 is 34.6 Å². The normalized spacial score (nSPS) is 12.1. The van der Waals surface area contributed by atoms with Gasteiger partial charge in [-0.15, -0.1) is 0 Å². The second-order valence-corrected chi connectivity index (χ2v) is 10.2. The summed E-state index contributed by atoms with van der Waals surface area (Å²) in [5.41, 5.74) is 0.637. The minimum absolute atomic E-state index is 0.0942. The molecule has 0 spiro atoms. The van der Waals surface area contributed by atoms with Crippen molar-refractivity contribution < 1.29 is 28.6 Å². The highest BCUT2D eigenvalue weighted by Crippen LogP contribution is 2.21. The maximum atomic E-state index is 14.5. The molecule has 3 rings (SSSR count). The van der Waals surface area contributed by atoms with Crippen molar-refractivity contribution in [2.75, 3.05) is 26.5 Å². The Labute approximate surface area is 241 Å². The lowest BCUT2D eigenvalue weighted by Crippen LogP contribution is -2.44. The quantitative estimate of drug-likeness (QED) is 0.234. The number of aromatic amines is 1. The molecule has 14 heteroatoms. The van der Waals surface area contributed by atoms with Gasteiger partial charge in [0.15, 0.2) is 5.82 Å². The number of methoxy groups -OCH3 is 1. The first kappa shape index (κ1) is 31.9. The van der Waals surface area contributed by atoms with Crippen LogP contribution in [0.15, 0.2) is 35.3 Å². The first-order valence-corrected chi connectivity index (χ1v) is 13.3. The fraction of sp³-hybridized carbons (Fsp3) is 0.429. The molecule has 3 amide bonds. The molecule has 0 aliphatic carbocycles. The molecule has 3 heterocycles. The number of likely N-dealkylation sites (N-methyl/N-ethyl adjacent to an activating group) is 1. The second-order valence-electron chi connectivity index (χ2n) is 10.2. The number of allylic oxidation sites excluding steroid dienone is 1. The Morgan fingerprint density at radius 2 is 2.00 bits per heavy atom. The highest BCUT2D eigenvalue weighted by molar-refractivity contribution is 5.96. The molecule has 226 valence electrons. The van der Waals surface area contributed by atoms with Crippen molar-refractivity contribution in [2.24, 2.45) is 5.92 Å². The molecule has 0 aliphatic rings. The summed E-state index contributed by atoms with van der Waals surface area (Å²) in [5, 5.41) is 14.8. The van der Waals surface area contributed by atoms with E-state index in [1.165, 1.54) is 27.7 Å². The average molecular weight is 586 g/mol. The van der Waals surface area contributed by atoms with E-state index < -0.39 is 36.0 Å². The Bertz CT molecular complexity index is 1530. The number of fused-ring (bicyclic) bond motifs is 1. The van der Waals surface area contributed by atoms with E-state index in [1.54, 1.807) is 20.2 Å². The smallest absolute Gasteiger partial charge is 0.407 e. The van der Waals surface area contributed by atoms with Gasteiger partial charge in [-0.2, -0.15) is 0 Å². The van der Waals surface area contributed by atoms with Gasteiger partial charge in [-0.25, -0.2) is 14.2 Å². The molecule has 0 saturated carbocycles. The maximum Gasteiger partial charge on any atom is 0.407 e. The van der Waals surface area contributed by atoms with E-state index in [0.717, 1.165) is 13.3 Å². The fourth-order valence-electron chi connectivity index (χ4n) is 4.14. The van der Waals surface area contributed by atoms with Gasteiger partial charge < -0.3 is 34.9 Å². The Morgan fingerprint density at radius 1 is 1.26 bits per heavy atom. The Kier molecular flexibility index (Phi) is 10.9. The second kappa shape index (κ2) is 14.3. The van der Waals surface area contributed by atoms with Crippen molar-refractivity contribution in [3.8, 4) is 0 Å². The van der Waals surface area contributed by atoms with Crippen LogP contribution in [0.3, 0.4) is 0 Å². The van der Waals surface area contributed by atoms with Crippen LogP contribution in [-0.2, 0) is 33.9 Å². The number of carbonyl (C=O) groups is 3. The summed E-state index contributed by atoms with van der Waals surface area (Å²) in [6.07, 6.45) is 4.16. The number of carbonyl (C=O) groups excluding carboxylic acids is 3. The van der Waals surface area contributed by atoms with Crippen molar-refractivity contribution in [3.05, 3.63) is 63.9 Å². The summed E-state index contributed by atoms with van der Waals surface area (Å²) in [5.74, 6) is -1.02. The van der Waals surface area contributed by atoms with Gasteiger partial charge in [0.25, 0.3) is 5.56 Å². The molecule has 0 saturated heterocycles. The maximum absolute atomic E-state index is 14.5. The molecule has 0 aliphatic heterocycles. The largest absolute Gasteiger partial charge is 0.453 e. The van der Waals surface area contributed by atoms with Crippen molar-refractivity contribution in [3.63, 3.8) is 0 Å². The zero-order valence-electron chi connectivity index (χ0n) is 24.2. The average Bonchev–Trinajstić information content (AvgIpc) is 3.38. The molecule has 1 unspecified atom stereocenters. The Morgan fingerprint density at radius 3 is 2.64 bits per heavy atom. The molecule has 42 heavy (non-hydrogen) atoms. The van der Waals surface area contributed by atoms with Crippen molar-refractivity contribution in [1.29, 1.82) is 0 Å². The van der Waals surface area contributed by atoms with Gasteiger partial charge in [0, 0.05) is 19.8 Å². The van der Waals surface area contributed by atoms with Gasteiger partial charge >= 0.3 is 6.09 Å². The number of nitrogens with one attached hydrogen (secondary N) is 3. The number of nitrogens with zero attached hydrogens (tertiary/aromatic N) is 4. The van der Waals surface area contributed by atoms with Crippen LogP contribution in [0, 0.1) is 11.7 Å². The van der Waals surface area contributed by atoms with E-state index in [4.69, 9.17) is 0 Å². The van der Waals surface area contributed by atoms with Crippen LogP contribution in [0.25, 0.3) is 11.0 Å². The summed E-state index contributed by atoms with van der Waals surface area (Å²) >= 11 is 0. The summed E-state index contributed by atoms with van der Waals surface area (Å²) in [6.45, 7) is 3.38. The molecule has 3 aromatic heterocycles. The van der Waals surface area contributed by atoms with E-state index in [9.17, 15) is 28.7 Å². The molecular weight excluding hydrogens is 549 g/mol. The summed E-state index contributed by atoms with van der Waals surface area (Å²) in [6, 6.07) is 1.72. The van der Waals surface area contributed by atoms with E-state index >= 15 is 0 Å². The summed E-state index contributed by atoms with van der Waals surface area (Å²) in [7, 11) is 4.35. The highest BCUT2D eigenvalue weighted by Gasteiger charge is 2.23. The van der Waals surface area contributed by atoms with Crippen molar-refractivity contribution in [1.82, 2.24) is 29.7 Å². The number of alkyl carbamates (subject to hydrolysis) is 1. The van der Waals surface area contributed by atoms with E-state index in [0.29, 0.717) is 17.6 Å². The third-order valence-electron chi connectivity index (χ3n) is 6.31. The monoisotopic (exact) mass is 585 g/mol. The number of ether oxygens (including phenoxy) is 1. The highest BCUT2D eigenvalue weighted by atomic mass is 19.1. The van der Waals surface area contributed by atoms with Crippen LogP contribution in [-0.4, -0.2) is 74.7 Å². The number of anilines is 1. The molecule has 4 N–H and O–H groups in total. The van der Waals surface area contributed by atoms with Crippen LogP contribution < -0.4 is 16.2 Å². The summed E-state index contributed by atoms with van der Waals surface area (Å²) < 4.78 is 20.3. The lowest BCUT2D eigenvalue weighted by Gasteiger charge is -2.18. The van der Waals surface area contributed by atoms with E-state index in [2.05, 4.69) is 30.3 Å². The molecule has 0 radical (unpaired) electrons. The number of rotatable bonds is 12. The number of aliphatic hydroxyl groups excluding tert-OH is 1. The third-order valence-corrected chi connectivity index (χ3v) is 6.31. The Hall–Kier alpha value is -4.59. The standard InChI is InChI=1S/C28H36FN7O6/c1-16(2)12-21-25-24(18(29)13-30-21)33-22(34-25)14-36-17(15-37)10-11-20(27(36)40)31-26(39)19(32-28(41)42-5)8-6-7-9-23(38)35(3)4/h7,9-11,13,16,19,37H,6,8,12,14-15H2,1-5H3,(H,31,39)(H,32,41)(H,33,34)/b9-7+. The molecule has 13 nitrogen and oxygen atoms in total. The topological polar surface area (TPSA) is 172 Å². The first-order valence-electron chi connectivity index (χ1n) is 13.3. The minimum Gasteiger partial charge on any atom is -0.453 e. The number of hydrogen-bond acceptors (Lipinski definition) is 8. The van der Waals surface area contributed by atoms with Gasteiger partial charge in [-0.3, -0.25) is 19.4 Å². The Balaban J connectivity index is 1.87. The summed E-state index contributed by atoms with van der Waals surface area (Å²) in [4.78, 5) is 63.1. The van der Waals surface area contributed by atoms with Crippen LogP contribution in [0.1, 0.15) is 43.9 Å². The zero-order valence-corrected chi connectivity index (χ0v) is 24.2. The van der Waals surface area contributed by atoms with Gasteiger partial charge in [0.2, 0.25) is 11.8 Å². The number of imidazole rings is 1. The third kappa shape index (κ3) is 8.00. The molecule has 3 aromatic rings. The molecule has 0 bridgehead atoms. The van der Waals surface area contributed by atoms with Crippen LogP contribution in [0.5, 0.6) is 0 Å². The van der Waals surface area contributed by atoms with E-state index in [-0.39, 0.29) is 53.9 Å². The zero-order chi connectivity index (χ0) is 31.0. The number of aliphatic hydroxyl groups is 1. The van der Waals surface area contributed by atoms with Gasteiger partial charge in [-0.05, 0) is 43.4 Å². The number of hydrogen-bond donors (Lipinski definition) is 4. The number of amides is 3. The van der Waals surface area contributed by atoms with Crippen LogP contribution >= 0.6 is 0 Å². The first-order chi connectivity index (χ1) is 19.9. The van der Waals surface area contributed by atoms with Crippen LogP contribution in [0.2, 0.25) is 0 Å². The minimum atomic E-state index is -1.09. The molecule has 0 aromatic carbocycles. The number of halogens is 1. The van der Waals surface area contributed by atoms with Gasteiger partial charge in [0.1, 0.15) is 23.1 Å².